The van der Waals surface area contributed by atoms with Crippen LogP contribution in [0.3, 0.4) is 0 Å². The molecule has 0 N–H and O–H groups in total. The van der Waals surface area contributed by atoms with Crippen LogP contribution in [0.4, 0.5) is 4.39 Å². The van der Waals surface area contributed by atoms with Crippen LogP contribution < -0.4 is 0 Å². The monoisotopic (exact) mass is 193 g/mol. The lowest BCUT2D eigenvalue weighted by atomic mass is 10.0. The first kappa shape index (κ1) is 10.5. The van der Waals surface area contributed by atoms with Crippen LogP contribution in [0, 0.1) is 24.3 Å². The third-order valence-corrected chi connectivity index (χ3v) is 2.12. The summed E-state index contributed by atoms with van der Waals surface area (Å²) in [6.45, 7) is 3.61. The SMILES string of the molecule is CCC(OC#N)c1ccc(F)c(C)c1. The molecule has 0 bridgehead atoms. The van der Waals surface area contributed by atoms with Crippen molar-refractivity contribution in [3.05, 3.63) is 35.1 Å². The van der Waals surface area contributed by atoms with E-state index < -0.39 is 0 Å². The molecule has 0 amide bonds. The van der Waals surface area contributed by atoms with E-state index in [2.05, 4.69) is 0 Å². The van der Waals surface area contributed by atoms with E-state index in [0.717, 1.165) is 5.56 Å². The first-order valence-corrected chi connectivity index (χ1v) is 4.49. The smallest absolute Gasteiger partial charge is 0.286 e. The lowest BCUT2D eigenvalue weighted by molar-refractivity contribution is 0.159. The Balaban J connectivity index is 2.95. The maximum absolute atomic E-state index is 12.9. The van der Waals surface area contributed by atoms with E-state index in [0.29, 0.717) is 12.0 Å². The molecule has 1 unspecified atom stereocenters. The van der Waals surface area contributed by atoms with E-state index in [-0.39, 0.29) is 11.9 Å². The topological polar surface area (TPSA) is 33.0 Å². The number of ether oxygens (including phenoxy) is 1. The lowest BCUT2D eigenvalue weighted by Gasteiger charge is -2.12. The predicted octanol–water partition coefficient (Wildman–Crippen LogP) is 3.08. The maximum atomic E-state index is 12.9. The van der Waals surface area contributed by atoms with Crippen molar-refractivity contribution in [2.24, 2.45) is 0 Å². The van der Waals surface area contributed by atoms with Gasteiger partial charge in [0.05, 0.1) is 0 Å². The zero-order valence-electron chi connectivity index (χ0n) is 8.25. The molecule has 0 saturated heterocycles. The molecule has 2 nitrogen and oxygen atoms in total. The second-order valence-electron chi connectivity index (χ2n) is 3.11. The van der Waals surface area contributed by atoms with Crippen LogP contribution in [-0.4, -0.2) is 0 Å². The zero-order chi connectivity index (χ0) is 10.6. The molecule has 3 heteroatoms. The third kappa shape index (κ3) is 2.23. The van der Waals surface area contributed by atoms with Gasteiger partial charge in [-0.3, -0.25) is 0 Å². The lowest BCUT2D eigenvalue weighted by Crippen LogP contribution is -2.00. The minimum absolute atomic E-state index is 0.236. The molecule has 0 heterocycles. The number of nitrogens with zero attached hydrogens (tertiary/aromatic N) is 1. The molecule has 74 valence electrons. The molecule has 0 aromatic heterocycles. The first-order valence-electron chi connectivity index (χ1n) is 4.49. The fraction of sp³-hybridized carbons (Fsp3) is 0.364. The van der Waals surface area contributed by atoms with Crippen LogP contribution in [0.1, 0.15) is 30.6 Å². The van der Waals surface area contributed by atoms with Crippen molar-refractivity contribution in [1.29, 1.82) is 5.26 Å². The summed E-state index contributed by atoms with van der Waals surface area (Å²) < 4.78 is 17.8. The standard InChI is InChI=1S/C11H12FNO/c1-3-11(14-7-13)9-4-5-10(12)8(2)6-9/h4-6,11H,3H2,1-2H3. The van der Waals surface area contributed by atoms with Crippen LogP contribution in [-0.2, 0) is 4.74 Å². The molecule has 1 rings (SSSR count). The highest BCUT2D eigenvalue weighted by molar-refractivity contribution is 5.25. The third-order valence-electron chi connectivity index (χ3n) is 2.12. The summed E-state index contributed by atoms with van der Waals surface area (Å²) >= 11 is 0. The highest BCUT2D eigenvalue weighted by Crippen LogP contribution is 2.22. The van der Waals surface area contributed by atoms with Gasteiger partial charge < -0.3 is 4.74 Å². The molecule has 0 aliphatic heterocycles. The molecule has 1 aromatic rings. The Morgan fingerprint density at radius 2 is 2.29 bits per heavy atom. The van der Waals surface area contributed by atoms with Crippen LogP contribution in [0.15, 0.2) is 18.2 Å². The molecule has 1 atom stereocenters. The number of benzene rings is 1. The van der Waals surface area contributed by atoms with Crippen molar-refractivity contribution in [1.82, 2.24) is 0 Å². The highest BCUT2D eigenvalue weighted by Gasteiger charge is 2.11. The van der Waals surface area contributed by atoms with Gasteiger partial charge in [0, 0.05) is 0 Å². The zero-order valence-corrected chi connectivity index (χ0v) is 8.25. The summed E-state index contributed by atoms with van der Waals surface area (Å²) in [4.78, 5) is 0. The van der Waals surface area contributed by atoms with Crippen molar-refractivity contribution >= 4 is 0 Å². The molecule has 0 spiro atoms. The van der Waals surface area contributed by atoms with E-state index in [1.54, 1.807) is 25.3 Å². The Labute approximate surface area is 82.9 Å². The summed E-state index contributed by atoms with van der Waals surface area (Å²) in [6, 6.07) is 4.75. The number of rotatable bonds is 3. The second kappa shape index (κ2) is 4.61. The summed E-state index contributed by atoms with van der Waals surface area (Å²) in [5.41, 5.74) is 1.41. The van der Waals surface area contributed by atoms with Crippen molar-refractivity contribution in [2.45, 2.75) is 26.4 Å². The van der Waals surface area contributed by atoms with Crippen LogP contribution in [0.5, 0.6) is 0 Å². The van der Waals surface area contributed by atoms with Gasteiger partial charge in [-0.1, -0.05) is 13.0 Å². The minimum Gasteiger partial charge on any atom is -0.419 e. The number of aryl methyl sites for hydroxylation is 1. The van der Waals surface area contributed by atoms with Crippen LogP contribution in [0.25, 0.3) is 0 Å². The van der Waals surface area contributed by atoms with Gasteiger partial charge in [0.25, 0.3) is 6.26 Å². The largest absolute Gasteiger partial charge is 0.419 e. The molecule has 1 aromatic carbocycles. The minimum atomic E-state index is -0.265. The van der Waals surface area contributed by atoms with E-state index in [4.69, 9.17) is 10.00 Å². The average molecular weight is 193 g/mol. The van der Waals surface area contributed by atoms with E-state index in [1.807, 2.05) is 6.92 Å². The number of hydrogen-bond donors (Lipinski definition) is 0. The Hall–Kier alpha value is -1.56. The average Bonchev–Trinajstić information content (AvgIpc) is 2.19. The maximum Gasteiger partial charge on any atom is 0.286 e. The Bertz CT molecular complexity index is 357. The molecular formula is C11H12FNO. The fourth-order valence-corrected chi connectivity index (χ4v) is 1.32. The van der Waals surface area contributed by atoms with E-state index >= 15 is 0 Å². The van der Waals surface area contributed by atoms with Gasteiger partial charge in [-0.05, 0) is 36.6 Å². The summed E-state index contributed by atoms with van der Waals surface area (Å²) in [5, 5.41) is 8.41. The summed E-state index contributed by atoms with van der Waals surface area (Å²) in [6.07, 6.45) is 2.09. The summed E-state index contributed by atoms with van der Waals surface area (Å²) in [5.74, 6) is -0.236. The van der Waals surface area contributed by atoms with E-state index in [9.17, 15) is 4.39 Å². The fourth-order valence-electron chi connectivity index (χ4n) is 1.32. The van der Waals surface area contributed by atoms with Crippen molar-refractivity contribution < 1.29 is 9.13 Å². The molecule has 0 aliphatic rings. The van der Waals surface area contributed by atoms with Gasteiger partial charge >= 0.3 is 0 Å². The highest BCUT2D eigenvalue weighted by atomic mass is 19.1. The number of nitriles is 1. The number of hydrogen-bond acceptors (Lipinski definition) is 2. The van der Waals surface area contributed by atoms with Gasteiger partial charge in [0.1, 0.15) is 11.9 Å². The second-order valence-corrected chi connectivity index (χ2v) is 3.11. The van der Waals surface area contributed by atoms with Crippen LogP contribution >= 0.6 is 0 Å². The Morgan fingerprint density at radius 1 is 1.57 bits per heavy atom. The Morgan fingerprint density at radius 3 is 2.79 bits per heavy atom. The van der Waals surface area contributed by atoms with Gasteiger partial charge in [0.15, 0.2) is 0 Å². The quantitative estimate of drug-likeness (QED) is 0.691. The molecule has 14 heavy (non-hydrogen) atoms. The summed E-state index contributed by atoms with van der Waals surface area (Å²) in [7, 11) is 0. The van der Waals surface area contributed by atoms with Crippen molar-refractivity contribution in [3.8, 4) is 6.26 Å². The van der Waals surface area contributed by atoms with Crippen molar-refractivity contribution in [3.63, 3.8) is 0 Å². The van der Waals surface area contributed by atoms with Crippen molar-refractivity contribution in [2.75, 3.05) is 0 Å². The predicted molar refractivity (Wildman–Crippen MR) is 50.9 cm³/mol. The normalized spacial score (nSPS) is 11.9. The molecular weight excluding hydrogens is 181 g/mol. The first-order chi connectivity index (χ1) is 6.69. The number of halogens is 1. The van der Waals surface area contributed by atoms with Gasteiger partial charge in [-0.25, -0.2) is 4.39 Å². The van der Waals surface area contributed by atoms with Gasteiger partial charge in [-0.2, -0.15) is 5.26 Å². The molecule has 0 radical (unpaired) electrons. The van der Waals surface area contributed by atoms with E-state index in [1.165, 1.54) is 6.07 Å². The van der Waals surface area contributed by atoms with Gasteiger partial charge in [0.2, 0.25) is 0 Å². The Kier molecular flexibility index (Phi) is 3.47. The molecule has 0 saturated carbocycles. The molecule has 0 fully saturated rings. The van der Waals surface area contributed by atoms with Gasteiger partial charge in [-0.15, -0.1) is 0 Å². The van der Waals surface area contributed by atoms with Crippen LogP contribution in [0.2, 0.25) is 0 Å². The molecule has 0 aliphatic carbocycles.